The molecule has 3 atom stereocenters. The maximum Gasteiger partial charge on any atom is 0.303 e. The second-order valence-electron chi connectivity index (χ2n) is 8.10. The summed E-state index contributed by atoms with van der Waals surface area (Å²) < 4.78 is 0. The zero-order chi connectivity index (χ0) is 17.0. The van der Waals surface area contributed by atoms with Crippen molar-refractivity contribution in [1.29, 1.82) is 0 Å². The molecule has 0 aromatic carbocycles. The first-order valence-corrected chi connectivity index (χ1v) is 9.53. The van der Waals surface area contributed by atoms with E-state index in [2.05, 4.69) is 34.6 Å². The molecule has 0 aliphatic heterocycles. The fourth-order valence-electron chi connectivity index (χ4n) is 3.19. The van der Waals surface area contributed by atoms with E-state index in [1.54, 1.807) is 0 Å². The lowest BCUT2D eigenvalue weighted by atomic mass is 9.91. The summed E-state index contributed by atoms with van der Waals surface area (Å²) in [5, 5.41) is 8.75. The maximum absolute atomic E-state index is 10.6. The molecule has 0 aromatic rings. The number of carboxylic acids is 1. The van der Waals surface area contributed by atoms with E-state index in [0.717, 1.165) is 24.2 Å². The number of hydrogen-bond donors (Lipinski definition) is 1. The molecule has 0 rings (SSSR count). The second-order valence-corrected chi connectivity index (χ2v) is 8.10. The molecule has 0 fully saturated rings. The molecular formula is C20H40O2. The van der Waals surface area contributed by atoms with Crippen LogP contribution in [0.15, 0.2) is 0 Å². The van der Waals surface area contributed by atoms with Gasteiger partial charge in [0.25, 0.3) is 0 Å². The molecule has 0 bridgehead atoms. The highest BCUT2D eigenvalue weighted by Gasteiger charge is 2.09. The first-order chi connectivity index (χ1) is 10.3. The number of carboxylic acid groups (broad SMARTS) is 1. The van der Waals surface area contributed by atoms with Crippen LogP contribution in [0.5, 0.6) is 0 Å². The molecule has 0 aliphatic rings. The summed E-state index contributed by atoms with van der Waals surface area (Å²) in [7, 11) is 0. The Hall–Kier alpha value is -0.530. The van der Waals surface area contributed by atoms with Gasteiger partial charge in [-0.15, -0.1) is 0 Å². The minimum absolute atomic E-state index is 0.322. The minimum Gasteiger partial charge on any atom is -0.481 e. The molecule has 0 saturated heterocycles. The first-order valence-electron chi connectivity index (χ1n) is 9.53. The summed E-state index contributed by atoms with van der Waals surface area (Å²) in [4.78, 5) is 10.6. The fraction of sp³-hybridized carbons (Fsp3) is 0.950. The zero-order valence-corrected chi connectivity index (χ0v) is 15.7. The van der Waals surface area contributed by atoms with E-state index >= 15 is 0 Å². The van der Waals surface area contributed by atoms with E-state index < -0.39 is 5.97 Å². The highest BCUT2D eigenvalue weighted by Crippen LogP contribution is 2.22. The quantitative estimate of drug-likeness (QED) is 0.395. The van der Waals surface area contributed by atoms with Crippen LogP contribution in [0.3, 0.4) is 0 Å². The molecule has 1 N–H and O–H groups in total. The Bertz CT molecular complexity index is 273. The van der Waals surface area contributed by atoms with Crippen molar-refractivity contribution in [3.8, 4) is 0 Å². The molecule has 0 heterocycles. The van der Waals surface area contributed by atoms with Crippen LogP contribution in [-0.2, 0) is 4.79 Å². The summed E-state index contributed by atoms with van der Waals surface area (Å²) in [5.74, 6) is 2.18. The number of hydrogen-bond acceptors (Lipinski definition) is 1. The van der Waals surface area contributed by atoms with Gasteiger partial charge in [-0.05, 0) is 23.7 Å². The maximum atomic E-state index is 10.6. The van der Waals surface area contributed by atoms with Crippen LogP contribution < -0.4 is 0 Å². The van der Waals surface area contributed by atoms with Crippen molar-refractivity contribution in [2.45, 2.75) is 98.8 Å². The molecule has 0 spiro atoms. The van der Waals surface area contributed by atoms with Gasteiger partial charge in [0, 0.05) is 6.42 Å². The Kier molecular flexibility index (Phi) is 12.6. The fourth-order valence-corrected chi connectivity index (χ4v) is 3.19. The van der Waals surface area contributed by atoms with E-state index in [9.17, 15) is 4.79 Å². The van der Waals surface area contributed by atoms with Gasteiger partial charge in [0.15, 0.2) is 0 Å². The third-order valence-electron chi connectivity index (χ3n) is 4.79. The average Bonchev–Trinajstić information content (AvgIpc) is 2.37. The molecule has 0 saturated carbocycles. The Morgan fingerprint density at radius 1 is 0.682 bits per heavy atom. The van der Waals surface area contributed by atoms with Crippen LogP contribution in [0.4, 0.5) is 0 Å². The smallest absolute Gasteiger partial charge is 0.303 e. The van der Waals surface area contributed by atoms with Gasteiger partial charge < -0.3 is 5.11 Å². The Morgan fingerprint density at radius 2 is 1.05 bits per heavy atom. The van der Waals surface area contributed by atoms with Gasteiger partial charge >= 0.3 is 5.97 Å². The van der Waals surface area contributed by atoms with Crippen molar-refractivity contribution in [3.05, 3.63) is 0 Å². The van der Waals surface area contributed by atoms with E-state index in [4.69, 9.17) is 5.11 Å². The molecule has 0 aromatic heterocycles. The van der Waals surface area contributed by atoms with E-state index in [0.29, 0.717) is 12.3 Å². The first kappa shape index (κ1) is 21.5. The van der Waals surface area contributed by atoms with Crippen molar-refractivity contribution in [2.24, 2.45) is 23.7 Å². The molecule has 2 heteroatoms. The number of carbonyl (C=O) groups is 1. The lowest BCUT2D eigenvalue weighted by molar-refractivity contribution is -0.138. The molecule has 0 amide bonds. The van der Waals surface area contributed by atoms with Crippen molar-refractivity contribution in [3.63, 3.8) is 0 Å². The van der Waals surface area contributed by atoms with E-state index in [-0.39, 0.29) is 0 Å². The second kappa shape index (κ2) is 13.0. The Balaban J connectivity index is 3.52. The van der Waals surface area contributed by atoms with Gasteiger partial charge in [-0.2, -0.15) is 0 Å². The van der Waals surface area contributed by atoms with Crippen molar-refractivity contribution in [1.82, 2.24) is 0 Å². The highest BCUT2D eigenvalue weighted by molar-refractivity contribution is 5.66. The Morgan fingerprint density at radius 3 is 1.41 bits per heavy atom. The molecule has 0 radical (unpaired) electrons. The van der Waals surface area contributed by atoms with Gasteiger partial charge in [0.1, 0.15) is 0 Å². The largest absolute Gasteiger partial charge is 0.481 e. The third-order valence-corrected chi connectivity index (χ3v) is 4.79. The van der Waals surface area contributed by atoms with Gasteiger partial charge in [-0.3, -0.25) is 4.79 Å². The van der Waals surface area contributed by atoms with Gasteiger partial charge in [0.2, 0.25) is 0 Å². The predicted molar refractivity (Wildman–Crippen MR) is 96.1 cm³/mol. The number of rotatable bonds is 14. The summed E-state index contributed by atoms with van der Waals surface area (Å²) in [5.41, 5.74) is 0. The lowest BCUT2D eigenvalue weighted by Crippen LogP contribution is -2.05. The predicted octanol–water partition coefficient (Wildman–Crippen LogP) is 6.54. The van der Waals surface area contributed by atoms with Crippen LogP contribution >= 0.6 is 0 Å². The molecular weight excluding hydrogens is 272 g/mol. The molecule has 132 valence electrons. The number of aliphatic carboxylic acids is 1. The van der Waals surface area contributed by atoms with Gasteiger partial charge in [-0.25, -0.2) is 0 Å². The van der Waals surface area contributed by atoms with E-state index in [1.807, 2.05) is 0 Å². The van der Waals surface area contributed by atoms with E-state index in [1.165, 1.54) is 51.4 Å². The minimum atomic E-state index is -0.660. The van der Waals surface area contributed by atoms with Crippen LogP contribution in [-0.4, -0.2) is 11.1 Å². The molecule has 22 heavy (non-hydrogen) atoms. The lowest BCUT2D eigenvalue weighted by Gasteiger charge is -2.15. The molecule has 1 unspecified atom stereocenters. The highest BCUT2D eigenvalue weighted by atomic mass is 16.4. The molecule has 2 nitrogen and oxygen atoms in total. The monoisotopic (exact) mass is 312 g/mol. The molecule has 0 aliphatic carbocycles. The van der Waals surface area contributed by atoms with Crippen LogP contribution in [0.1, 0.15) is 98.8 Å². The van der Waals surface area contributed by atoms with Crippen LogP contribution in [0.25, 0.3) is 0 Å². The standard InChI is InChI=1S/C20H40O2/c1-16(2)9-6-10-17(3)11-7-12-18(4)13-8-14-19(5)15-20(21)22/h16-19H,6-15H2,1-5H3,(H,21,22)/t17-,18-,19?/m0/s1. The summed E-state index contributed by atoms with van der Waals surface area (Å²) >= 11 is 0. The Labute approximate surface area is 139 Å². The topological polar surface area (TPSA) is 37.3 Å². The van der Waals surface area contributed by atoms with Crippen molar-refractivity contribution in [2.75, 3.05) is 0 Å². The van der Waals surface area contributed by atoms with Crippen LogP contribution in [0, 0.1) is 23.7 Å². The third kappa shape index (κ3) is 14.4. The summed E-state index contributed by atoms with van der Waals surface area (Å²) in [6.45, 7) is 11.4. The summed E-state index contributed by atoms with van der Waals surface area (Å²) in [6.07, 6.45) is 12.0. The summed E-state index contributed by atoms with van der Waals surface area (Å²) in [6, 6.07) is 0. The van der Waals surface area contributed by atoms with Gasteiger partial charge in [-0.1, -0.05) is 92.4 Å². The normalized spacial score (nSPS) is 15.7. The van der Waals surface area contributed by atoms with Crippen molar-refractivity contribution >= 4 is 5.97 Å². The SMILES string of the molecule is CC(C)CCC[C@H](C)CCC[C@H](C)CCCC(C)CC(=O)O. The van der Waals surface area contributed by atoms with Gasteiger partial charge in [0.05, 0.1) is 0 Å². The van der Waals surface area contributed by atoms with Crippen LogP contribution in [0.2, 0.25) is 0 Å². The zero-order valence-electron chi connectivity index (χ0n) is 15.7. The average molecular weight is 313 g/mol. The van der Waals surface area contributed by atoms with Crippen molar-refractivity contribution < 1.29 is 9.90 Å².